The standard InChI is InChI=1S/C19H16ClNO4S/c1-13-7-8-14(11-17(13)20)21-19(22)18-10-9-15(25-18)12-26(23,24)16-5-3-2-4-6-16/h2-11H,12H2,1H3,(H,21,22). The molecular formula is C19H16ClNO4S. The Balaban J connectivity index is 1.73. The van der Waals surface area contributed by atoms with Gasteiger partial charge in [0, 0.05) is 10.7 Å². The van der Waals surface area contributed by atoms with Crippen LogP contribution in [-0.4, -0.2) is 14.3 Å². The van der Waals surface area contributed by atoms with Crippen molar-refractivity contribution >= 4 is 33.0 Å². The molecule has 0 atom stereocenters. The van der Waals surface area contributed by atoms with Crippen LogP contribution in [-0.2, 0) is 15.6 Å². The Labute approximate surface area is 156 Å². The highest BCUT2D eigenvalue weighted by molar-refractivity contribution is 7.90. The lowest BCUT2D eigenvalue weighted by atomic mass is 10.2. The molecule has 3 rings (SSSR count). The monoisotopic (exact) mass is 389 g/mol. The molecule has 0 saturated heterocycles. The molecule has 1 amide bonds. The van der Waals surface area contributed by atoms with E-state index in [4.69, 9.17) is 16.0 Å². The lowest BCUT2D eigenvalue weighted by Gasteiger charge is -2.05. The number of rotatable bonds is 5. The molecule has 0 aliphatic heterocycles. The fourth-order valence-electron chi connectivity index (χ4n) is 2.34. The first-order valence-corrected chi connectivity index (χ1v) is 9.82. The minimum atomic E-state index is -3.54. The minimum Gasteiger partial charge on any atom is -0.455 e. The molecule has 0 aliphatic rings. The maximum absolute atomic E-state index is 12.4. The van der Waals surface area contributed by atoms with Gasteiger partial charge in [0.15, 0.2) is 15.6 Å². The number of anilines is 1. The molecule has 134 valence electrons. The minimum absolute atomic E-state index is 0.0277. The topological polar surface area (TPSA) is 76.4 Å². The molecule has 5 nitrogen and oxygen atoms in total. The first-order valence-electron chi connectivity index (χ1n) is 7.79. The molecule has 0 fully saturated rings. The van der Waals surface area contributed by atoms with Crippen molar-refractivity contribution in [2.75, 3.05) is 5.32 Å². The summed E-state index contributed by atoms with van der Waals surface area (Å²) < 4.78 is 30.1. The largest absolute Gasteiger partial charge is 0.455 e. The number of furan rings is 1. The Hall–Kier alpha value is -2.57. The van der Waals surface area contributed by atoms with Gasteiger partial charge in [-0.25, -0.2) is 8.42 Å². The Morgan fingerprint density at radius 1 is 1.08 bits per heavy atom. The molecule has 2 aromatic carbocycles. The van der Waals surface area contributed by atoms with Crippen LogP contribution in [0.3, 0.4) is 0 Å². The van der Waals surface area contributed by atoms with E-state index in [9.17, 15) is 13.2 Å². The predicted molar refractivity (Wildman–Crippen MR) is 100 cm³/mol. The molecule has 7 heteroatoms. The Bertz CT molecular complexity index is 1040. The van der Waals surface area contributed by atoms with E-state index in [1.165, 1.54) is 24.3 Å². The van der Waals surface area contributed by atoms with Crippen molar-refractivity contribution in [3.63, 3.8) is 0 Å². The van der Waals surface area contributed by atoms with E-state index in [1.807, 2.05) is 6.92 Å². The van der Waals surface area contributed by atoms with Crippen molar-refractivity contribution in [1.29, 1.82) is 0 Å². The van der Waals surface area contributed by atoms with Crippen LogP contribution >= 0.6 is 11.6 Å². The zero-order valence-corrected chi connectivity index (χ0v) is 15.5. The summed E-state index contributed by atoms with van der Waals surface area (Å²) in [6, 6.07) is 16.2. The summed E-state index contributed by atoms with van der Waals surface area (Å²) in [5.74, 6) is -0.574. The van der Waals surface area contributed by atoms with E-state index in [1.54, 1.807) is 36.4 Å². The summed E-state index contributed by atoms with van der Waals surface area (Å²) in [4.78, 5) is 12.5. The Kier molecular flexibility index (Phi) is 5.15. The highest BCUT2D eigenvalue weighted by Crippen LogP contribution is 2.22. The van der Waals surface area contributed by atoms with Crippen LogP contribution in [0.4, 0.5) is 5.69 Å². The van der Waals surface area contributed by atoms with Crippen molar-refractivity contribution in [3.8, 4) is 0 Å². The number of amides is 1. The third-order valence-corrected chi connectivity index (χ3v) is 5.81. The van der Waals surface area contributed by atoms with Gasteiger partial charge in [0.25, 0.3) is 5.91 Å². The van der Waals surface area contributed by atoms with Crippen LogP contribution in [0.5, 0.6) is 0 Å². The van der Waals surface area contributed by atoms with E-state index in [2.05, 4.69) is 5.32 Å². The maximum Gasteiger partial charge on any atom is 0.291 e. The van der Waals surface area contributed by atoms with Crippen LogP contribution in [0, 0.1) is 6.92 Å². The smallest absolute Gasteiger partial charge is 0.291 e. The van der Waals surface area contributed by atoms with Gasteiger partial charge in [0.05, 0.1) is 4.90 Å². The summed E-state index contributed by atoms with van der Waals surface area (Å²) in [7, 11) is -3.54. The average molecular weight is 390 g/mol. The van der Waals surface area contributed by atoms with Gasteiger partial charge in [-0.05, 0) is 48.9 Å². The average Bonchev–Trinajstić information content (AvgIpc) is 3.07. The summed E-state index contributed by atoms with van der Waals surface area (Å²) in [6.45, 7) is 1.86. The third-order valence-electron chi connectivity index (χ3n) is 3.75. The fraction of sp³-hybridized carbons (Fsp3) is 0.105. The van der Waals surface area contributed by atoms with E-state index in [0.717, 1.165) is 5.56 Å². The van der Waals surface area contributed by atoms with Gasteiger partial charge in [-0.15, -0.1) is 0 Å². The zero-order chi connectivity index (χ0) is 18.7. The number of aryl methyl sites for hydroxylation is 1. The highest BCUT2D eigenvalue weighted by atomic mass is 35.5. The maximum atomic E-state index is 12.4. The van der Waals surface area contributed by atoms with Crippen LogP contribution < -0.4 is 5.32 Å². The molecule has 1 heterocycles. The predicted octanol–water partition coefficient (Wildman–Crippen LogP) is 4.47. The van der Waals surface area contributed by atoms with E-state index in [0.29, 0.717) is 10.7 Å². The van der Waals surface area contributed by atoms with E-state index in [-0.39, 0.29) is 22.2 Å². The Morgan fingerprint density at radius 2 is 1.81 bits per heavy atom. The number of benzene rings is 2. The molecule has 0 radical (unpaired) electrons. The summed E-state index contributed by atoms with van der Waals surface area (Å²) in [5.41, 5.74) is 1.43. The molecule has 26 heavy (non-hydrogen) atoms. The highest BCUT2D eigenvalue weighted by Gasteiger charge is 2.19. The molecule has 0 saturated carbocycles. The SMILES string of the molecule is Cc1ccc(NC(=O)c2ccc(CS(=O)(=O)c3ccccc3)o2)cc1Cl. The number of carbonyl (C=O) groups excluding carboxylic acids is 1. The van der Waals surface area contributed by atoms with Gasteiger partial charge in [0.2, 0.25) is 0 Å². The first-order chi connectivity index (χ1) is 12.3. The second kappa shape index (κ2) is 7.35. The van der Waals surface area contributed by atoms with Gasteiger partial charge in [-0.1, -0.05) is 35.9 Å². The van der Waals surface area contributed by atoms with E-state index < -0.39 is 15.7 Å². The van der Waals surface area contributed by atoms with Crippen molar-refractivity contribution < 1.29 is 17.6 Å². The first kappa shape index (κ1) is 18.2. The van der Waals surface area contributed by atoms with Gasteiger partial charge >= 0.3 is 0 Å². The normalized spacial score (nSPS) is 11.3. The second-order valence-electron chi connectivity index (χ2n) is 5.76. The van der Waals surface area contributed by atoms with Crippen molar-refractivity contribution in [1.82, 2.24) is 0 Å². The van der Waals surface area contributed by atoms with Crippen LogP contribution in [0.2, 0.25) is 5.02 Å². The number of hydrogen-bond acceptors (Lipinski definition) is 4. The second-order valence-corrected chi connectivity index (χ2v) is 8.15. The fourth-order valence-corrected chi connectivity index (χ4v) is 3.79. The number of hydrogen-bond donors (Lipinski definition) is 1. The lowest BCUT2D eigenvalue weighted by molar-refractivity contribution is 0.0995. The molecule has 0 aliphatic carbocycles. The quantitative estimate of drug-likeness (QED) is 0.698. The van der Waals surface area contributed by atoms with E-state index >= 15 is 0 Å². The van der Waals surface area contributed by atoms with Crippen molar-refractivity contribution in [2.24, 2.45) is 0 Å². The number of nitrogens with one attached hydrogen (secondary N) is 1. The van der Waals surface area contributed by atoms with Crippen molar-refractivity contribution in [3.05, 3.63) is 82.8 Å². The number of halogens is 1. The molecular weight excluding hydrogens is 374 g/mol. The third kappa shape index (κ3) is 4.15. The number of carbonyl (C=O) groups is 1. The van der Waals surface area contributed by atoms with Crippen LogP contribution in [0.25, 0.3) is 0 Å². The van der Waals surface area contributed by atoms with Crippen LogP contribution in [0.15, 0.2) is 70.0 Å². The van der Waals surface area contributed by atoms with Gasteiger partial charge in [0.1, 0.15) is 11.5 Å². The van der Waals surface area contributed by atoms with Crippen molar-refractivity contribution in [2.45, 2.75) is 17.6 Å². The number of sulfone groups is 1. The lowest BCUT2D eigenvalue weighted by Crippen LogP contribution is -2.11. The molecule has 0 bridgehead atoms. The zero-order valence-electron chi connectivity index (χ0n) is 13.9. The Morgan fingerprint density at radius 3 is 2.50 bits per heavy atom. The van der Waals surface area contributed by atoms with Crippen LogP contribution in [0.1, 0.15) is 21.9 Å². The van der Waals surface area contributed by atoms with Gasteiger partial charge in [-0.2, -0.15) is 0 Å². The summed E-state index contributed by atoms with van der Waals surface area (Å²) in [5, 5.41) is 3.21. The van der Waals surface area contributed by atoms with Gasteiger partial charge < -0.3 is 9.73 Å². The molecule has 3 aromatic rings. The molecule has 1 N–H and O–H groups in total. The molecule has 0 unspecified atom stereocenters. The summed E-state index contributed by atoms with van der Waals surface area (Å²) >= 11 is 6.04. The summed E-state index contributed by atoms with van der Waals surface area (Å²) in [6.07, 6.45) is 0. The molecule has 0 spiro atoms. The molecule has 1 aromatic heterocycles. The van der Waals surface area contributed by atoms with Gasteiger partial charge in [-0.3, -0.25) is 4.79 Å².